The molecule has 0 amide bonds. The Bertz CT molecular complexity index is 870. The maximum absolute atomic E-state index is 7.64. The number of hydrogen-bond acceptors (Lipinski definition) is 6. The summed E-state index contributed by atoms with van der Waals surface area (Å²) in [5.41, 5.74) is 1.04. The van der Waals surface area contributed by atoms with Crippen LogP contribution in [-0.4, -0.2) is 35.9 Å². The summed E-state index contributed by atoms with van der Waals surface area (Å²) in [5.74, 6) is 19.2. The van der Waals surface area contributed by atoms with Gasteiger partial charge in [0.25, 0.3) is 0 Å². The second-order valence-electron chi connectivity index (χ2n) is 6.56. The first-order valence-corrected chi connectivity index (χ1v) is 10.9. The van der Waals surface area contributed by atoms with Crippen molar-refractivity contribution in [3.63, 3.8) is 0 Å². The van der Waals surface area contributed by atoms with Crippen LogP contribution in [0.5, 0.6) is 5.75 Å². The molecule has 0 aliphatic carbocycles. The fraction of sp³-hybridized carbons (Fsp3) is 0.440. The lowest BCUT2D eigenvalue weighted by molar-refractivity contribution is -0.431. The topological polar surface area (TPSA) is 51.2 Å². The van der Waals surface area contributed by atoms with Crippen LogP contribution < -0.4 is 4.74 Å². The van der Waals surface area contributed by atoms with Gasteiger partial charge in [-0.15, -0.1) is 10.3 Å². The lowest BCUT2D eigenvalue weighted by atomic mass is 10.0. The molecule has 1 aromatic carbocycles. The maximum Gasteiger partial charge on any atom is 0.125 e. The maximum atomic E-state index is 7.64. The van der Waals surface area contributed by atoms with E-state index in [2.05, 4.69) is 67.9 Å². The van der Waals surface area contributed by atoms with E-state index in [0.29, 0.717) is 12.0 Å². The zero-order valence-corrected chi connectivity index (χ0v) is 19.2. The van der Waals surface area contributed by atoms with Crippen molar-refractivity contribution in [3.8, 4) is 52.4 Å². The van der Waals surface area contributed by atoms with Crippen LogP contribution in [0.15, 0.2) is 24.3 Å². The minimum absolute atomic E-state index is 0.627. The van der Waals surface area contributed by atoms with Crippen molar-refractivity contribution in [1.29, 1.82) is 0 Å². The summed E-state index contributed by atoms with van der Waals surface area (Å²) in [6, 6.07) is 8.78. The van der Waals surface area contributed by atoms with Crippen LogP contribution in [0.2, 0.25) is 0 Å². The molecule has 0 spiro atoms. The van der Waals surface area contributed by atoms with Gasteiger partial charge in [0.15, 0.2) is 0 Å². The van der Waals surface area contributed by atoms with Crippen molar-refractivity contribution in [1.82, 2.24) is 4.90 Å². The van der Waals surface area contributed by atoms with Crippen LogP contribution in [0.1, 0.15) is 52.0 Å². The molecular formula is C25H29NO4S. The Kier molecular flexibility index (Phi) is 15.6. The zero-order chi connectivity index (χ0) is 22.6. The first-order valence-electron chi connectivity index (χ1n) is 10.2. The fourth-order valence-corrected chi connectivity index (χ4v) is 3.09. The lowest BCUT2D eigenvalue weighted by Crippen LogP contribution is -2.38. The van der Waals surface area contributed by atoms with Gasteiger partial charge in [0.05, 0.1) is 6.61 Å². The second-order valence-corrected chi connectivity index (χ2v) is 7.07. The van der Waals surface area contributed by atoms with Crippen LogP contribution >= 0.6 is 12.0 Å². The third kappa shape index (κ3) is 13.4. The molecule has 0 radical (unpaired) electrons. The third-order valence-corrected chi connectivity index (χ3v) is 4.71. The van der Waals surface area contributed by atoms with Crippen molar-refractivity contribution in [3.05, 3.63) is 29.8 Å². The molecule has 1 fully saturated rings. The van der Waals surface area contributed by atoms with Gasteiger partial charge in [0.2, 0.25) is 0 Å². The van der Waals surface area contributed by atoms with E-state index < -0.39 is 0 Å². The molecular weight excluding hydrogens is 410 g/mol. The average molecular weight is 440 g/mol. The molecule has 1 atom stereocenters. The molecule has 0 saturated carbocycles. The van der Waals surface area contributed by atoms with Gasteiger partial charge in [0.1, 0.15) is 17.8 Å². The number of hydrogen-bond donors (Lipinski definition) is 1. The lowest BCUT2D eigenvalue weighted by Gasteiger charge is -2.33. The molecule has 0 bridgehead atoms. The number of piperidine rings is 1. The van der Waals surface area contributed by atoms with Gasteiger partial charge in [-0.25, -0.2) is 5.26 Å². The molecule has 1 aromatic rings. The monoisotopic (exact) mass is 439 g/mol. The molecule has 6 heteroatoms. The molecule has 1 N–H and O–H groups in total. The Morgan fingerprint density at radius 1 is 1.06 bits per heavy atom. The van der Waals surface area contributed by atoms with Gasteiger partial charge in [-0.05, 0) is 88.6 Å². The minimum atomic E-state index is 0.627. The van der Waals surface area contributed by atoms with Crippen LogP contribution in [0.25, 0.3) is 0 Å². The van der Waals surface area contributed by atoms with Crippen molar-refractivity contribution in [2.75, 3.05) is 19.7 Å². The van der Waals surface area contributed by atoms with Crippen LogP contribution in [0, 0.1) is 46.7 Å². The van der Waals surface area contributed by atoms with E-state index in [1.54, 1.807) is 6.92 Å². The van der Waals surface area contributed by atoms with Gasteiger partial charge in [-0.3, -0.25) is 0 Å². The van der Waals surface area contributed by atoms with Gasteiger partial charge < -0.3 is 9.64 Å². The van der Waals surface area contributed by atoms with Crippen molar-refractivity contribution in [2.24, 2.45) is 0 Å². The van der Waals surface area contributed by atoms with E-state index in [-0.39, 0.29) is 0 Å². The van der Waals surface area contributed by atoms with Gasteiger partial charge >= 0.3 is 0 Å². The molecule has 1 aliphatic rings. The first kappa shape index (κ1) is 26.5. The van der Waals surface area contributed by atoms with E-state index in [0.717, 1.165) is 36.9 Å². The molecule has 5 nitrogen and oxygen atoms in total. The van der Waals surface area contributed by atoms with Gasteiger partial charge in [-0.1, -0.05) is 23.3 Å². The molecule has 2 rings (SSSR count). The van der Waals surface area contributed by atoms with E-state index in [1.807, 2.05) is 31.2 Å². The number of nitrogens with zero attached hydrogens (tertiary/aromatic N) is 1. The summed E-state index contributed by atoms with van der Waals surface area (Å²) in [4.78, 5) is 2.59. The van der Waals surface area contributed by atoms with E-state index in [9.17, 15) is 0 Å². The Labute approximate surface area is 190 Å². The highest BCUT2D eigenvalue weighted by Gasteiger charge is 2.17. The molecule has 1 saturated heterocycles. The highest BCUT2D eigenvalue weighted by Crippen LogP contribution is 2.17. The predicted octanol–water partition coefficient (Wildman–Crippen LogP) is 4.74. The SMILES string of the molecule is CC#CC#CC#CSOOO.CC#Cc1ccc(OCCCN2CCCCC2C)cc1. The van der Waals surface area contributed by atoms with Crippen molar-refractivity contribution in [2.45, 2.75) is 52.5 Å². The predicted molar refractivity (Wildman–Crippen MR) is 125 cm³/mol. The molecule has 1 aliphatic heterocycles. The third-order valence-electron chi connectivity index (χ3n) is 4.39. The van der Waals surface area contributed by atoms with Crippen LogP contribution in [-0.2, 0) is 9.37 Å². The van der Waals surface area contributed by atoms with E-state index in [1.165, 1.54) is 25.8 Å². The Morgan fingerprint density at radius 2 is 1.84 bits per heavy atom. The fourth-order valence-electron chi connectivity index (χ4n) is 2.93. The summed E-state index contributed by atoms with van der Waals surface area (Å²) in [6.07, 6.45) is 5.19. The smallest absolute Gasteiger partial charge is 0.125 e. The average Bonchev–Trinajstić information content (AvgIpc) is 2.79. The van der Waals surface area contributed by atoms with Crippen molar-refractivity contribution >= 4 is 12.0 Å². The van der Waals surface area contributed by atoms with Gasteiger partial charge in [-0.2, -0.15) is 0 Å². The molecule has 1 heterocycles. The standard InChI is InChI=1S/C18H25NO.C7H4O3S/c1-3-7-17-9-11-18(12-10-17)20-15-6-14-19-13-5-4-8-16(19)2;1-2-3-4-5-6-7-11-10-9-8/h9-12,16H,4-6,8,13-15H2,1-2H3;8H,1H3. The quantitative estimate of drug-likeness (QED) is 0.218. The van der Waals surface area contributed by atoms with Crippen LogP contribution in [0.4, 0.5) is 0 Å². The Balaban J connectivity index is 0.000000373. The largest absolute Gasteiger partial charge is 0.494 e. The molecule has 31 heavy (non-hydrogen) atoms. The Morgan fingerprint density at radius 3 is 2.52 bits per heavy atom. The number of likely N-dealkylation sites (tertiary alicyclic amines) is 1. The normalized spacial score (nSPS) is 14.5. The summed E-state index contributed by atoms with van der Waals surface area (Å²) in [5, 5.41) is 13.3. The molecule has 0 aromatic heterocycles. The number of rotatable bonds is 7. The second kappa shape index (κ2) is 18.2. The van der Waals surface area contributed by atoms with Crippen LogP contribution in [0.3, 0.4) is 0 Å². The summed E-state index contributed by atoms with van der Waals surface area (Å²) < 4.78 is 9.73. The summed E-state index contributed by atoms with van der Waals surface area (Å²) in [6.45, 7) is 9.08. The van der Waals surface area contributed by atoms with E-state index >= 15 is 0 Å². The highest BCUT2D eigenvalue weighted by atomic mass is 32.2. The highest BCUT2D eigenvalue weighted by molar-refractivity contribution is 7.99. The first-order chi connectivity index (χ1) is 15.2. The van der Waals surface area contributed by atoms with E-state index in [4.69, 9.17) is 9.99 Å². The number of ether oxygens (including phenoxy) is 1. The molecule has 164 valence electrons. The number of benzene rings is 1. The van der Waals surface area contributed by atoms with Gasteiger partial charge in [0, 0.05) is 29.3 Å². The Hall–Kier alpha value is -2.55. The minimum Gasteiger partial charge on any atom is -0.494 e. The zero-order valence-electron chi connectivity index (χ0n) is 18.4. The molecule has 1 unspecified atom stereocenters. The summed E-state index contributed by atoms with van der Waals surface area (Å²) in [7, 11) is 0. The summed E-state index contributed by atoms with van der Waals surface area (Å²) >= 11 is 0.627. The van der Waals surface area contributed by atoms with Crippen molar-refractivity contribution < 1.29 is 19.4 Å².